The van der Waals surface area contributed by atoms with Gasteiger partial charge in [-0.3, -0.25) is 14.5 Å². The second-order valence-electron chi connectivity index (χ2n) is 8.81. The van der Waals surface area contributed by atoms with Crippen LogP contribution in [0.2, 0.25) is 0 Å². The van der Waals surface area contributed by atoms with Crippen molar-refractivity contribution in [2.24, 2.45) is 11.3 Å². The van der Waals surface area contributed by atoms with Gasteiger partial charge in [-0.05, 0) is 38.1 Å². The fraction of sp³-hybridized carbons (Fsp3) is 0.900. The number of ether oxygens (including phenoxy) is 1. The molecule has 26 heavy (non-hydrogen) atoms. The van der Waals surface area contributed by atoms with E-state index < -0.39 is 0 Å². The van der Waals surface area contributed by atoms with Crippen molar-refractivity contribution >= 4 is 11.8 Å². The predicted octanol–water partition coefficient (Wildman–Crippen LogP) is 1.60. The quantitative estimate of drug-likeness (QED) is 0.743. The van der Waals surface area contributed by atoms with E-state index in [1.54, 1.807) is 0 Å². The van der Waals surface area contributed by atoms with Crippen LogP contribution in [-0.4, -0.2) is 85.5 Å². The van der Waals surface area contributed by atoms with Crippen LogP contribution in [0.25, 0.3) is 0 Å². The van der Waals surface area contributed by atoms with Crippen molar-refractivity contribution in [2.75, 3.05) is 59.0 Å². The van der Waals surface area contributed by atoms with Gasteiger partial charge in [-0.1, -0.05) is 13.8 Å². The van der Waals surface area contributed by atoms with Gasteiger partial charge in [0.25, 0.3) is 0 Å². The molecule has 6 nitrogen and oxygen atoms in total. The third-order valence-corrected chi connectivity index (χ3v) is 6.19. The molecule has 0 aliphatic carbocycles. The number of hydrogen-bond donors (Lipinski definition) is 0. The number of piperidine rings is 2. The third-order valence-electron chi connectivity index (χ3n) is 6.19. The first kappa shape index (κ1) is 19.6. The van der Waals surface area contributed by atoms with E-state index in [0.29, 0.717) is 38.0 Å². The summed E-state index contributed by atoms with van der Waals surface area (Å²) in [4.78, 5) is 31.3. The number of carbonyl (C=O) groups excluding carboxylic acids is 2. The van der Waals surface area contributed by atoms with Crippen LogP contribution < -0.4 is 0 Å². The Hall–Kier alpha value is -1.14. The number of carbonyl (C=O) groups is 2. The molecule has 0 aromatic rings. The Kier molecular flexibility index (Phi) is 6.56. The normalized spacial score (nSPS) is 28.2. The maximum absolute atomic E-state index is 12.6. The lowest BCUT2D eigenvalue weighted by molar-refractivity contribution is -0.142. The highest BCUT2D eigenvalue weighted by molar-refractivity contribution is 5.78. The summed E-state index contributed by atoms with van der Waals surface area (Å²) < 4.78 is 5.35. The minimum absolute atomic E-state index is 0.189. The van der Waals surface area contributed by atoms with Gasteiger partial charge in [0.1, 0.15) is 0 Å². The van der Waals surface area contributed by atoms with Gasteiger partial charge < -0.3 is 14.5 Å². The number of rotatable bonds is 5. The minimum Gasteiger partial charge on any atom is -0.378 e. The summed E-state index contributed by atoms with van der Waals surface area (Å²) in [5, 5.41) is 0. The first-order chi connectivity index (χ1) is 12.5. The first-order valence-electron chi connectivity index (χ1n) is 10.3. The van der Waals surface area contributed by atoms with Gasteiger partial charge in [0, 0.05) is 44.6 Å². The number of likely N-dealkylation sites (tertiary alicyclic amines) is 2. The molecule has 148 valence electrons. The molecule has 1 atom stereocenters. The van der Waals surface area contributed by atoms with E-state index in [0.717, 1.165) is 58.5 Å². The van der Waals surface area contributed by atoms with Gasteiger partial charge >= 0.3 is 0 Å². The molecule has 3 fully saturated rings. The van der Waals surface area contributed by atoms with Gasteiger partial charge in [-0.25, -0.2) is 0 Å². The van der Waals surface area contributed by atoms with E-state index in [-0.39, 0.29) is 11.3 Å². The Morgan fingerprint density at radius 2 is 1.92 bits per heavy atom. The zero-order chi connectivity index (χ0) is 18.6. The number of morpholine rings is 1. The van der Waals surface area contributed by atoms with Crippen LogP contribution in [0.15, 0.2) is 0 Å². The van der Waals surface area contributed by atoms with Crippen molar-refractivity contribution in [1.82, 2.24) is 14.7 Å². The SMILES string of the molecule is CC(C)CCN1C[C@]2(CCCN(CC(=O)N3CCOCC3)C2)CCC1=O. The lowest BCUT2D eigenvalue weighted by Gasteiger charge is -2.48. The second-order valence-corrected chi connectivity index (χ2v) is 8.81. The highest BCUT2D eigenvalue weighted by Crippen LogP contribution is 2.39. The van der Waals surface area contributed by atoms with Crippen molar-refractivity contribution in [3.63, 3.8) is 0 Å². The number of hydrogen-bond acceptors (Lipinski definition) is 4. The molecule has 0 N–H and O–H groups in total. The molecule has 3 heterocycles. The zero-order valence-corrected chi connectivity index (χ0v) is 16.5. The Balaban J connectivity index is 1.56. The Bertz CT molecular complexity index is 505. The highest BCUT2D eigenvalue weighted by Gasteiger charge is 2.42. The van der Waals surface area contributed by atoms with E-state index in [1.165, 1.54) is 6.42 Å². The average Bonchev–Trinajstić information content (AvgIpc) is 2.63. The van der Waals surface area contributed by atoms with Crippen LogP contribution in [0.3, 0.4) is 0 Å². The molecular formula is C20H35N3O3. The third kappa shape index (κ3) is 4.97. The van der Waals surface area contributed by atoms with Crippen molar-refractivity contribution in [1.29, 1.82) is 0 Å². The van der Waals surface area contributed by atoms with Gasteiger partial charge in [0.2, 0.25) is 11.8 Å². The zero-order valence-electron chi connectivity index (χ0n) is 16.5. The fourth-order valence-electron chi connectivity index (χ4n) is 4.60. The summed E-state index contributed by atoms with van der Waals surface area (Å²) >= 11 is 0. The Morgan fingerprint density at radius 1 is 1.15 bits per heavy atom. The molecule has 0 unspecified atom stereocenters. The summed E-state index contributed by atoms with van der Waals surface area (Å²) in [5.74, 6) is 1.17. The molecule has 3 saturated heterocycles. The van der Waals surface area contributed by atoms with E-state index in [2.05, 4.69) is 23.6 Å². The molecular weight excluding hydrogens is 330 g/mol. The minimum atomic E-state index is 0.189. The number of amides is 2. The Morgan fingerprint density at radius 3 is 2.65 bits per heavy atom. The summed E-state index contributed by atoms with van der Waals surface area (Å²) in [6.45, 7) is 11.4. The largest absolute Gasteiger partial charge is 0.378 e. The van der Waals surface area contributed by atoms with Crippen molar-refractivity contribution in [3.8, 4) is 0 Å². The maximum Gasteiger partial charge on any atom is 0.236 e. The predicted molar refractivity (Wildman–Crippen MR) is 101 cm³/mol. The van der Waals surface area contributed by atoms with Crippen LogP contribution in [0.1, 0.15) is 46.0 Å². The van der Waals surface area contributed by atoms with E-state index in [1.807, 2.05) is 4.90 Å². The van der Waals surface area contributed by atoms with Gasteiger partial charge in [0.05, 0.1) is 19.8 Å². The van der Waals surface area contributed by atoms with Crippen molar-refractivity contribution < 1.29 is 14.3 Å². The smallest absolute Gasteiger partial charge is 0.236 e. The first-order valence-corrected chi connectivity index (χ1v) is 10.3. The standard InChI is InChI=1S/C20H35N3O3/c1-17(2)5-9-23-16-20(7-4-18(23)24)6-3-8-21(15-20)14-19(25)22-10-12-26-13-11-22/h17H,3-16H2,1-2H3/t20-/m1/s1. The summed E-state index contributed by atoms with van der Waals surface area (Å²) in [6.07, 6.45) is 5.03. The Labute approximate surface area is 157 Å². The van der Waals surface area contributed by atoms with E-state index >= 15 is 0 Å². The van der Waals surface area contributed by atoms with Gasteiger partial charge in [-0.15, -0.1) is 0 Å². The lowest BCUT2D eigenvalue weighted by Crippen LogP contribution is -2.56. The van der Waals surface area contributed by atoms with Crippen molar-refractivity contribution in [2.45, 2.75) is 46.0 Å². The van der Waals surface area contributed by atoms with Crippen molar-refractivity contribution in [3.05, 3.63) is 0 Å². The van der Waals surface area contributed by atoms with Gasteiger partial charge in [-0.2, -0.15) is 0 Å². The molecule has 0 saturated carbocycles. The van der Waals surface area contributed by atoms with Crippen LogP contribution in [0.5, 0.6) is 0 Å². The monoisotopic (exact) mass is 365 g/mol. The summed E-state index contributed by atoms with van der Waals surface area (Å²) in [7, 11) is 0. The second kappa shape index (κ2) is 8.70. The van der Waals surface area contributed by atoms with E-state index in [4.69, 9.17) is 4.74 Å². The van der Waals surface area contributed by atoms with Gasteiger partial charge in [0.15, 0.2) is 0 Å². The highest BCUT2D eigenvalue weighted by atomic mass is 16.5. The summed E-state index contributed by atoms with van der Waals surface area (Å²) in [6, 6.07) is 0. The van der Waals surface area contributed by atoms with Crippen LogP contribution in [-0.2, 0) is 14.3 Å². The molecule has 0 radical (unpaired) electrons. The molecule has 2 amide bonds. The molecule has 0 aromatic heterocycles. The molecule has 6 heteroatoms. The molecule has 3 aliphatic heterocycles. The molecule has 0 bridgehead atoms. The number of nitrogens with zero attached hydrogens (tertiary/aromatic N) is 3. The fourth-order valence-corrected chi connectivity index (χ4v) is 4.60. The molecule has 3 rings (SSSR count). The molecule has 1 spiro atoms. The average molecular weight is 366 g/mol. The van der Waals surface area contributed by atoms with Crippen LogP contribution in [0.4, 0.5) is 0 Å². The lowest BCUT2D eigenvalue weighted by atomic mass is 9.73. The van der Waals surface area contributed by atoms with Crippen LogP contribution >= 0.6 is 0 Å². The maximum atomic E-state index is 12.6. The molecule has 3 aliphatic rings. The summed E-state index contributed by atoms with van der Waals surface area (Å²) in [5.41, 5.74) is 0.189. The topological polar surface area (TPSA) is 53.1 Å². The van der Waals surface area contributed by atoms with Crippen LogP contribution in [0, 0.1) is 11.3 Å². The molecule has 0 aromatic carbocycles. The van der Waals surface area contributed by atoms with E-state index in [9.17, 15) is 9.59 Å².